The van der Waals surface area contributed by atoms with Crippen LogP contribution in [0.4, 0.5) is 0 Å². The van der Waals surface area contributed by atoms with Crippen molar-refractivity contribution in [1.82, 2.24) is 4.98 Å². The maximum atomic E-state index is 10.2. The number of hydrogen-bond acceptors (Lipinski definition) is 3. The molecule has 0 spiro atoms. The lowest BCUT2D eigenvalue weighted by atomic mass is 9.88. The van der Waals surface area contributed by atoms with Crippen molar-refractivity contribution in [1.29, 1.82) is 5.26 Å². The topological polar surface area (TPSA) is 56.9 Å². The highest BCUT2D eigenvalue weighted by Gasteiger charge is 2.46. The minimum Gasteiger partial charge on any atom is -0.387 e. The number of aliphatic hydroxyl groups excluding tert-OH is 1. The summed E-state index contributed by atoms with van der Waals surface area (Å²) in [5, 5.41) is 19.4. The summed E-state index contributed by atoms with van der Waals surface area (Å²) in [5.74, 6) is 0. The van der Waals surface area contributed by atoms with E-state index in [-0.39, 0.29) is 10.8 Å². The second-order valence-electron chi connectivity index (χ2n) is 6.76. The Morgan fingerprint density at radius 3 is 2.63 bits per heavy atom. The van der Waals surface area contributed by atoms with E-state index in [0.717, 1.165) is 25.0 Å². The lowest BCUT2D eigenvalue weighted by Crippen LogP contribution is -2.12. The molecular formula is C16H22N2O. The van der Waals surface area contributed by atoms with Gasteiger partial charge in [0.15, 0.2) is 0 Å². The molecule has 2 rings (SSSR count). The molecule has 0 aromatic carbocycles. The largest absolute Gasteiger partial charge is 0.387 e. The van der Waals surface area contributed by atoms with Gasteiger partial charge >= 0.3 is 0 Å². The van der Waals surface area contributed by atoms with Crippen LogP contribution in [-0.4, -0.2) is 10.1 Å². The number of nitrogens with zero attached hydrogens (tertiary/aromatic N) is 2. The van der Waals surface area contributed by atoms with Crippen molar-refractivity contribution < 1.29 is 5.11 Å². The van der Waals surface area contributed by atoms with E-state index in [1.807, 2.05) is 18.2 Å². The summed E-state index contributed by atoms with van der Waals surface area (Å²) in [7, 11) is 0. The van der Waals surface area contributed by atoms with E-state index in [1.54, 1.807) is 0 Å². The highest BCUT2D eigenvalue weighted by molar-refractivity contribution is 5.34. The first-order chi connectivity index (χ1) is 8.86. The number of nitriles is 1. The molecule has 1 N–H and O–H groups in total. The second kappa shape index (κ2) is 4.94. The summed E-state index contributed by atoms with van der Waals surface area (Å²) in [6.07, 6.45) is 2.90. The van der Waals surface area contributed by atoms with Crippen molar-refractivity contribution in [3.63, 3.8) is 0 Å². The Kier molecular flexibility index (Phi) is 3.64. The number of aromatic nitrogens is 1. The van der Waals surface area contributed by atoms with Crippen LogP contribution in [0.2, 0.25) is 0 Å². The van der Waals surface area contributed by atoms with Crippen molar-refractivity contribution in [3.8, 4) is 6.07 Å². The van der Waals surface area contributed by atoms with E-state index in [9.17, 15) is 10.4 Å². The van der Waals surface area contributed by atoms with Gasteiger partial charge in [0.1, 0.15) is 0 Å². The van der Waals surface area contributed by atoms with Gasteiger partial charge in [-0.1, -0.05) is 26.8 Å². The minimum atomic E-state index is -0.534. The highest BCUT2D eigenvalue weighted by Crippen LogP contribution is 2.46. The molecule has 0 aliphatic heterocycles. The zero-order chi connectivity index (χ0) is 14.1. The van der Waals surface area contributed by atoms with Crippen LogP contribution in [0.25, 0.3) is 0 Å². The molecule has 19 heavy (non-hydrogen) atoms. The first kappa shape index (κ1) is 14.0. The molecular weight excluding hydrogens is 236 g/mol. The van der Waals surface area contributed by atoms with Gasteiger partial charge < -0.3 is 5.11 Å². The zero-order valence-corrected chi connectivity index (χ0v) is 12.0. The maximum Gasteiger partial charge on any atom is 0.0994 e. The predicted molar refractivity (Wildman–Crippen MR) is 74.4 cm³/mol. The van der Waals surface area contributed by atoms with E-state index in [0.29, 0.717) is 12.1 Å². The van der Waals surface area contributed by atoms with Crippen molar-refractivity contribution in [2.45, 2.75) is 58.0 Å². The first-order valence-corrected chi connectivity index (χ1v) is 6.93. The molecule has 0 amide bonds. The van der Waals surface area contributed by atoms with Gasteiger partial charge in [-0.25, -0.2) is 0 Å². The van der Waals surface area contributed by atoms with Crippen LogP contribution in [0.5, 0.6) is 0 Å². The fourth-order valence-corrected chi connectivity index (χ4v) is 2.17. The Balaban J connectivity index is 2.09. The van der Waals surface area contributed by atoms with Gasteiger partial charge in [-0.3, -0.25) is 4.98 Å². The van der Waals surface area contributed by atoms with E-state index < -0.39 is 6.10 Å². The molecule has 3 nitrogen and oxygen atoms in total. The van der Waals surface area contributed by atoms with E-state index in [4.69, 9.17) is 0 Å². The number of rotatable bonds is 4. The molecule has 0 radical (unpaired) electrons. The first-order valence-electron chi connectivity index (χ1n) is 6.93. The molecule has 3 heteroatoms. The summed E-state index contributed by atoms with van der Waals surface area (Å²) in [6, 6.07) is 8.00. The van der Waals surface area contributed by atoms with Gasteiger partial charge in [-0.05, 0) is 43.2 Å². The maximum absolute atomic E-state index is 10.2. The highest BCUT2D eigenvalue weighted by atomic mass is 16.3. The molecule has 1 atom stereocenters. The minimum absolute atomic E-state index is 0.211. The molecule has 1 aromatic rings. The molecule has 0 unspecified atom stereocenters. The summed E-state index contributed by atoms with van der Waals surface area (Å²) in [4.78, 5) is 4.51. The summed E-state index contributed by atoms with van der Waals surface area (Å²) < 4.78 is 0. The monoisotopic (exact) mass is 258 g/mol. The summed E-state index contributed by atoms with van der Waals surface area (Å²) in [5.41, 5.74) is 1.36. The van der Waals surface area contributed by atoms with Crippen LogP contribution in [0.15, 0.2) is 18.2 Å². The predicted octanol–water partition coefficient (Wildman–Crippen LogP) is 3.50. The Bertz CT molecular complexity index is 492. The van der Waals surface area contributed by atoms with Crippen LogP contribution in [0.3, 0.4) is 0 Å². The standard InChI is InChI=1S/C16H22N2O/c1-15(2,3)8-7-13(19)12-5-4-6-14(18-12)16(11-17)9-10-16/h4-6,13,19H,7-10H2,1-3H3/t13-/m0/s1. The van der Waals surface area contributed by atoms with Crippen molar-refractivity contribution in [2.75, 3.05) is 0 Å². The number of aliphatic hydroxyl groups is 1. The van der Waals surface area contributed by atoms with Crippen molar-refractivity contribution >= 4 is 0 Å². The van der Waals surface area contributed by atoms with Gasteiger partial charge in [0, 0.05) is 0 Å². The Morgan fingerprint density at radius 1 is 1.42 bits per heavy atom. The third-order valence-electron chi connectivity index (χ3n) is 3.73. The van der Waals surface area contributed by atoms with Gasteiger partial charge in [0.05, 0.1) is 29.0 Å². The fraction of sp³-hybridized carbons (Fsp3) is 0.625. The SMILES string of the molecule is CC(C)(C)CC[C@H](O)c1cccc(C2(C#N)CC2)n1. The molecule has 1 fully saturated rings. The van der Waals surface area contributed by atoms with Crippen LogP contribution in [-0.2, 0) is 5.41 Å². The lowest BCUT2D eigenvalue weighted by molar-refractivity contribution is 0.143. The van der Waals surface area contributed by atoms with Crippen molar-refractivity contribution in [3.05, 3.63) is 29.6 Å². The molecule has 1 heterocycles. The molecule has 0 saturated heterocycles. The molecule has 102 valence electrons. The van der Waals surface area contributed by atoms with E-state index in [1.165, 1.54) is 0 Å². The molecule has 0 bridgehead atoms. The lowest BCUT2D eigenvalue weighted by Gasteiger charge is -2.20. The van der Waals surface area contributed by atoms with Crippen molar-refractivity contribution in [2.24, 2.45) is 5.41 Å². The van der Waals surface area contributed by atoms with Gasteiger partial charge in [0.2, 0.25) is 0 Å². The normalized spacial score (nSPS) is 18.7. The average Bonchev–Trinajstić information content (AvgIpc) is 3.16. The Morgan fingerprint density at radius 2 is 2.11 bits per heavy atom. The van der Waals surface area contributed by atoms with Gasteiger partial charge in [0.25, 0.3) is 0 Å². The van der Waals surface area contributed by atoms with Crippen LogP contribution in [0.1, 0.15) is 63.9 Å². The van der Waals surface area contributed by atoms with E-state index in [2.05, 4.69) is 31.8 Å². The third-order valence-corrected chi connectivity index (χ3v) is 3.73. The van der Waals surface area contributed by atoms with Gasteiger partial charge in [-0.2, -0.15) is 5.26 Å². The van der Waals surface area contributed by atoms with Gasteiger partial charge in [-0.15, -0.1) is 0 Å². The summed E-state index contributed by atoms with van der Waals surface area (Å²) >= 11 is 0. The fourth-order valence-electron chi connectivity index (χ4n) is 2.17. The molecule has 1 aromatic heterocycles. The van der Waals surface area contributed by atoms with Crippen LogP contribution in [0, 0.1) is 16.7 Å². The number of pyridine rings is 1. The quantitative estimate of drug-likeness (QED) is 0.899. The number of hydrogen-bond donors (Lipinski definition) is 1. The average molecular weight is 258 g/mol. The second-order valence-corrected chi connectivity index (χ2v) is 6.76. The Hall–Kier alpha value is -1.40. The zero-order valence-electron chi connectivity index (χ0n) is 12.0. The third kappa shape index (κ3) is 3.33. The van der Waals surface area contributed by atoms with Crippen LogP contribution < -0.4 is 0 Å². The van der Waals surface area contributed by atoms with Crippen LogP contribution >= 0.6 is 0 Å². The molecule has 1 aliphatic carbocycles. The summed E-state index contributed by atoms with van der Waals surface area (Å²) in [6.45, 7) is 6.50. The van der Waals surface area contributed by atoms with E-state index >= 15 is 0 Å². The molecule has 1 saturated carbocycles. The Labute approximate surface area is 115 Å². The smallest absolute Gasteiger partial charge is 0.0994 e. The molecule has 1 aliphatic rings.